The molecule has 2 aromatic carbocycles. The fourth-order valence-corrected chi connectivity index (χ4v) is 6.94. The lowest BCUT2D eigenvalue weighted by molar-refractivity contribution is -0.385. The summed E-state index contributed by atoms with van der Waals surface area (Å²) in [5, 5.41) is 28.8. The minimum atomic E-state index is -0.966. The number of amides is 2. The van der Waals surface area contributed by atoms with Crippen molar-refractivity contribution in [3.63, 3.8) is 0 Å². The number of allylic oxidation sites excluding steroid dienone is 2. The van der Waals surface area contributed by atoms with Gasteiger partial charge in [0, 0.05) is 83.2 Å². The summed E-state index contributed by atoms with van der Waals surface area (Å²) < 4.78 is 10.1. The van der Waals surface area contributed by atoms with Gasteiger partial charge in [-0.3, -0.25) is 49.4 Å². The number of hydrogen-bond acceptors (Lipinski definition) is 12. The number of esters is 2. The monoisotopic (exact) mass is 730 g/mol. The number of non-ortho nitro benzene ring substituents is 2. The van der Waals surface area contributed by atoms with Gasteiger partial charge in [0.05, 0.1) is 24.1 Å². The summed E-state index contributed by atoms with van der Waals surface area (Å²) in [5.74, 6) is -5.86. The van der Waals surface area contributed by atoms with Crippen LogP contribution in [0.3, 0.4) is 0 Å². The molecule has 2 amide bonds. The number of carbonyl (C=O) groups is 4. The maximum absolute atomic E-state index is 13.6. The Morgan fingerprint density at radius 2 is 1.04 bits per heavy atom. The third-order valence-corrected chi connectivity index (χ3v) is 9.36. The second-order valence-corrected chi connectivity index (χ2v) is 12.7. The molecular formula is C37H42N6O10. The Morgan fingerprint density at radius 3 is 1.38 bits per heavy atom. The van der Waals surface area contributed by atoms with Gasteiger partial charge < -0.3 is 20.1 Å². The predicted molar refractivity (Wildman–Crippen MR) is 194 cm³/mol. The molecule has 2 aliphatic heterocycles. The van der Waals surface area contributed by atoms with Crippen molar-refractivity contribution in [2.24, 2.45) is 21.8 Å². The van der Waals surface area contributed by atoms with E-state index in [9.17, 15) is 39.4 Å². The highest BCUT2D eigenvalue weighted by Gasteiger charge is 2.43. The van der Waals surface area contributed by atoms with E-state index in [4.69, 9.17) is 9.47 Å². The molecule has 16 nitrogen and oxygen atoms in total. The fourth-order valence-electron chi connectivity index (χ4n) is 6.94. The maximum Gasteiger partial charge on any atom is 0.315 e. The zero-order valence-electron chi connectivity index (χ0n) is 30.3. The number of nitro benzene ring substituents is 2. The lowest BCUT2D eigenvalue weighted by Crippen LogP contribution is -2.39. The van der Waals surface area contributed by atoms with E-state index in [2.05, 4.69) is 20.6 Å². The van der Waals surface area contributed by atoms with Crippen LogP contribution < -0.4 is 10.6 Å². The molecule has 4 rings (SSSR count). The normalized spacial score (nSPS) is 19.8. The SMILES string of the molecule is COC(=O)C1C(C)=NC(C)=C(C(=O)NCCCCCNC(=O)C2=C(C)N=C(C)C(C(=O)OC)C2c2cccc([N+](=O)[O-])c2)C1c1cccc([N+](=O)[O-])c1. The van der Waals surface area contributed by atoms with Crippen LogP contribution in [0.5, 0.6) is 0 Å². The largest absolute Gasteiger partial charge is 0.468 e. The number of unbranched alkanes of at least 4 members (excludes halogenated alkanes) is 2. The number of nitrogens with zero attached hydrogens (tertiary/aromatic N) is 4. The Hall–Kier alpha value is -6.06. The highest BCUT2D eigenvalue weighted by Crippen LogP contribution is 2.42. The summed E-state index contributed by atoms with van der Waals surface area (Å²) in [6.45, 7) is 7.09. The van der Waals surface area contributed by atoms with E-state index in [1.807, 2.05) is 0 Å². The first-order valence-corrected chi connectivity index (χ1v) is 16.9. The molecule has 0 saturated carbocycles. The van der Waals surface area contributed by atoms with Gasteiger partial charge in [-0.25, -0.2) is 0 Å². The highest BCUT2D eigenvalue weighted by molar-refractivity contribution is 6.09. The van der Waals surface area contributed by atoms with Crippen molar-refractivity contribution in [3.05, 3.63) is 102 Å². The van der Waals surface area contributed by atoms with Crippen LogP contribution >= 0.6 is 0 Å². The standard InChI is InChI=1S/C37H42N6O10/c1-20-28(32(30(22(3)40-20)36(46)52-5)24-12-10-14-26(18-24)42(48)49)34(44)38-16-8-7-9-17-39-35(45)29-21(2)41-23(4)31(37(47)53-6)33(29)25-13-11-15-27(19-25)43(50)51/h10-15,18-19,30-33H,7-9,16-17H2,1-6H3,(H,38,44)(H,39,45). The number of benzene rings is 2. The van der Waals surface area contributed by atoms with Crippen molar-refractivity contribution in [1.82, 2.24) is 10.6 Å². The number of hydrogen-bond donors (Lipinski definition) is 2. The molecule has 280 valence electrons. The van der Waals surface area contributed by atoms with Crippen LogP contribution in [0.2, 0.25) is 0 Å². The number of aliphatic imine (C=N–C) groups is 2. The minimum Gasteiger partial charge on any atom is -0.468 e. The van der Waals surface area contributed by atoms with Crippen molar-refractivity contribution in [2.75, 3.05) is 27.3 Å². The molecule has 0 aromatic heterocycles. The molecule has 4 unspecified atom stereocenters. The molecule has 16 heteroatoms. The third kappa shape index (κ3) is 8.88. The molecular weight excluding hydrogens is 688 g/mol. The molecule has 4 atom stereocenters. The number of rotatable bonds is 14. The Balaban J connectivity index is 1.41. The number of nitrogens with one attached hydrogen (secondary N) is 2. The molecule has 53 heavy (non-hydrogen) atoms. The number of methoxy groups -OCH3 is 2. The van der Waals surface area contributed by atoms with Crippen LogP contribution in [0.1, 0.15) is 69.9 Å². The molecule has 0 spiro atoms. The Labute approximate surface area is 305 Å². The van der Waals surface area contributed by atoms with Crippen molar-refractivity contribution in [1.29, 1.82) is 0 Å². The van der Waals surface area contributed by atoms with Gasteiger partial charge in [0.15, 0.2) is 0 Å². The van der Waals surface area contributed by atoms with E-state index in [1.165, 1.54) is 50.6 Å². The van der Waals surface area contributed by atoms with Gasteiger partial charge in [0.1, 0.15) is 11.8 Å². The Bertz CT molecular complexity index is 1810. The zero-order valence-corrected chi connectivity index (χ0v) is 30.3. The highest BCUT2D eigenvalue weighted by atomic mass is 16.6. The van der Waals surface area contributed by atoms with Crippen LogP contribution in [0.4, 0.5) is 11.4 Å². The molecule has 0 fully saturated rings. The second-order valence-electron chi connectivity index (χ2n) is 12.7. The first kappa shape index (κ1) is 39.7. The molecule has 0 aliphatic carbocycles. The van der Waals surface area contributed by atoms with Crippen LogP contribution in [0, 0.1) is 32.1 Å². The van der Waals surface area contributed by atoms with Crippen LogP contribution in [-0.2, 0) is 28.7 Å². The zero-order chi connectivity index (χ0) is 39.0. The number of ether oxygens (including phenoxy) is 2. The van der Waals surface area contributed by atoms with Gasteiger partial charge in [0.2, 0.25) is 11.8 Å². The number of carbonyl (C=O) groups excluding carboxylic acids is 4. The van der Waals surface area contributed by atoms with Gasteiger partial charge in [-0.2, -0.15) is 0 Å². The summed E-state index contributed by atoms with van der Waals surface area (Å²) in [6, 6.07) is 11.6. The predicted octanol–water partition coefficient (Wildman–Crippen LogP) is 4.85. The first-order valence-electron chi connectivity index (χ1n) is 16.9. The summed E-state index contributed by atoms with van der Waals surface area (Å²) in [6.07, 6.45) is 1.66. The maximum atomic E-state index is 13.6. The Morgan fingerprint density at radius 1 is 0.660 bits per heavy atom. The average molecular weight is 731 g/mol. The number of nitro groups is 2. The second kappa shape index (κ2) is 17.4. The molecule has 2 N–H and O–H groups in total. The van der Waals surface area contributed by atoms with Gasteiger partial charge in [0.25, 0.3) is 11.4 Å². The summed E-state index contributed by atoms with van der Waals surface area (Å²) in [7, 11) is 2.45. The minimum absolute atomic E-state index is 0.184. The molecule has 2 aliphatic rings. The molecule has 0 bridgehead atoms. The lowest BCUT2D eigenvalue weighted by Gasteiger charge is -2.31. The van der Waals surface area contributed by atoms with Gasteiger partial charge >= 0.3 is 11.9 Å². The fraction of sp³-hybridized carbons (Fsp3) is 0.405. The van der Waals surface area contributed by atoms with Crippen LogP contribution in [-0.4, -0.2) is 72.3 Å². The van der Waals surface area contributed by atoms with E-state index >= 15 is 0 Å². The van der Waals surface area contributed by atoms with Crippen molar-refractivity contribution < 1.29 is 38.5 Å². The smallest absolute Gasteiger partial charge is 0.315 e. The van der Waals surface area contributed by atoms with Crippen LogP contribution in [0.25, 0.3) is 0 Å². The quantitative estimate of drug-likeness (QED) is 0.116. The summed E-state index contributed by atoms with van der Waals surface area (Å²) in [4.78, 5) is 83.9. The topological polar surface area (TPSA) is 222 Å². The Kier molecular flexibility index (Phi) is 13.1. The first-order chi connectivity index (χ1) is 25.2. The summed E-state index contributed by atoms with van der Waals surface area (Å²) >= 11 is 0. The van der Waals surface area contributed by atoms with E-state index < -0.39 is 57.3 Å². The van der Waals surface area contributed by atoms with Gasteiger partial charge in [-0.1, -0.05) is 24.3 Å². The average Bonchev–Trinajstić information content (AvgIpc) is 3.13. The van der Waals surface area contributed by atoms with E-state index in [-0.39, 0.29) is 35.6 Å². The third-order valence-electron chi connectivity index (χ3n) is 9.36. The van der Waals surface area contributed by atoms with Gasteiger partial charge in [-0.15, -0.1) is 0 Å². The molecule has 2 aromatic rings. The molecule has 2 heterocycles. The van der Waals surface area contributed by atoms with Crippen molar-refractivity contribution >= 4 is 46.6 Å². The van der Waals surface area contributed by atoms with Gasteiger partial charge in [-0.05, 0) is 58.1 Å². The van der Waals surface area contributed by atoms with Crippen molar-refractivity contribution in [3.8, 4) is 0 Å². The van der Waals surface area contributed by atoms with Crippen LogP contribution in [0.15, 0.2) is 81.1 Å². The van der Waals surface area contributed by atoms with E-state index in [0.29, 0.717) is 53.2 Å². The molecule has 0 radical (unpaired) electrons. The van der Waals surface area contributed by atoms with E-state index in [0.717, 1.165) is 0 Å². The van der Waals surface area contributed by atoms with E-state index in [1.54, 1.807) is 39.8 Å². The lowest BCUT2D eigenvalue weighted by atomic mass is 9.75. The summed E-state index contributed by atoms with van der Waals surface area (Å²) in [5.41, 5.74) is 2.44. The molecule has 0 saturated heterocycles. The van der Waals surface area contributed by atoms with Crippen molar-refractivity contribution in [2.45, 2.75) is 58.8 Å².